The highest BCUT2D eigenvalue weighted by Gasteiger charge is 2.32. The Hall–Kier alpha value is -1.99. The maximum absolute atomic E-state index is 9.73. The second-order valence-electron chi connectivity index (χ2n) is 4.99. The molecule has 130 valence electrons. The van der Waals surface area contributed by atoms with Crippen molar-refractivity contribution in [3.63, 3.8) is 0 Å². The van der Waals surface area contributed by atoms with Crippen LogP contribution in [-0.4, -0.2) is 36.8 Å². The summed E-state index contributed by atoms with van der Waals surface area (Å²) >= 11 is 0. The van der Waals surface area contributed by atoms with Gasteiger partial charge in [0, 0.05) is 6.42 Å². The van der Waals surface area contributed by atoms with E-state index in [4.69, 9.17) is 10.5 Å². The number of aryl methyl sites for hydroxylation is 1. The summed E-state index contributed by atoms with van der Waals surface area (Å²) in [5, 5.41) is 9.73. The molecule has 1 aliphatic rings. The predicted molar refractivity (Wildman–Crippen MR) is 94.0 cm³/mol. The molecule has 2 aromatic heterocycles. The number of nitrogens with two attached hydrogens (primary N) is 1. The number of rotatable bonds is 1. The maximum Gasteiger partial charge on any atom is 0.167 e. The summed E-state index contributed by atoms with van der Waals surface area (Å²) in [4.78, 5) is 12.6. The van der Waals surface area contributed by atoms with Gasteiger partial charge in [0.1, 0.15) is 17.6 Å². The zero-order valence-electron chi connectivity index (χ0n) is 12.5. The number of ether oxygens (including phenoxy) is 1. The first-order chi connectivity index (χ1) is 9.97. The molecule has 2 aromatic rings. The smallest absolute Gasteiger partial charge is 0.167 e. The van der Waals surface area contributed by atoms with E-state index < -0.39 is 6.10 Å². The van der Waals surface area contributed by atoms with Crippen LogP contribution in [0.5, 0.6) is 0 Å². The van der Waals surface area contributed by atoms with Crippen LogP contribution in [0.25, 0.3) is 11.2 Å². The lowest BCUT2D eigenvalue weighted by Crippen LogP contribution is -2.15. The van der Waals surface area contributed by atoms with Crippen molar-refractivity contribution in [2.24, 2.45) is 0 Å². The molecule has 7 heteroatoms. The molecule has 0 aromatic carbocycles. The summed E-state index contributed by atoms with van der Waals surface area (Å²) in [5.41, 5.74) is 7.02. The SMILES string of the molecule is C.C.C=CC.Cc1nc(N)c2ncn(C3C[C@H](O)[C@@H](C)O3)c2n1. The minimum Gasteiger partial charge on any atom is -0.390 e. The summed E-state index contributed by atoms with van der Waals surface area (Å²) in [5.74, 6) is 0.955. The van der Waals surface area contributed by atoms with Crippen LogP contribution in [0.4, 0.5) is 5.82 Å². The van der Waals surface area contributed by atoms with Gasteiger partial charge in [-0.3, -0.25) is 4.57 Å². The topological polar surface area (TPSA) is 99.1 Å². The van der Waals surface area contributed by atoms with Crippen LogP contribution in [0.2, 0.25) is 0 Å². The molecule has 7 nitrogen and oxygen atoms in total. The minimum atomic E-state index is -0.465. The molecule has 3 heterocycles. The Morgan fingerprint density at radius 1 is 1.43 bits per heavy atom. The highest BCUT2D eigenvalue weighted by molar-refractivity contribution is 5.81. The van der Waals surface area contributed by atoms with Gasteiger partial charge in [0.05, 0.1) is 18.5 Å². The van der Waals surface area contributed by atoms with Gasteiger partial charge in [-0.2, -0.15) is 0 Å². The Labute approximate surface area is 138 Å². The Balaban J connectivity index is 0.000000902. The van der Waals surface area contributed by atoms with Crippen LogP contribution < -0.4 is 5.73 Å². The predicted octanol–water partition coefficient (Wildman–Crippen LogP) is 2.85. The molecule has 3 atom stereocenters. The zero-order valence-corrected chi connectivity index (χ0v) is 12.5. The van der Waals surface area contributed by atoms with Crippen molar-refractivity contribution >= 4 is 17.0 Å². The molecule has 1 aliphatic heterocycles. The van der Waals surface area contributed by atoms with Crippen LogP contribution in [0, 0.1) is 6.92 Å². The van der Waals surface area contributed by atoms with E-state index in [0.29, 0.717) is 29.2 Å². The van der Waals surface area contributed by atoms with Gasteiger partial charge in [0.15, 0.2) is 11.5 Å². The van der Waals surface area contributed by atoms with E-state index in [-0.39, 0.29) is 27.2 Å². The van der Waals surface area contributed by atoms with Gasteiger partial charge in [-0.25, -0.2) is 15.0 Å². The molecule has 3 rings (SSSR count). The molecule has 0 bridgehead atoms. The van der Waals surface area contributed by atoms with Crippen molar-refractivity contribution in [2.45, 2.75) is 60.5 Å². The quantitative estimate of drug-likeness (QED) is 0.783. The Morgan fingerprint density at radius 3 is 2.57 bits per heavy atom. The van der Waals surface area contributed by atoms with Gasteiger partial charge in [0.2, 0.25) is 0 Å². The highest BCUT2D eigenvalue weighted by Crippen LogP contribution is 2.31. The van der Waals surface area contributed by atoms with Gasteiger partial charge in [0.25, 0.3) is 0 Å². The van der Waals surface area contributed by atoms with Crippen LogP contribution in [-0.2, 0) is 4.74 Å². The average molecular weight is 323 g/mol. The van der Waals surface area contributed by atoms with Gasteiger partial charge in [-0.1, -0.05) is 20.9 Å². The standard InChI is InChI=1S/C11H15N5O2.C3H6.2CH4/c1-5-7(17)3-8(18-5)16-4-13-9-10(12)14-6(2)15-11(9)16;1-3-2;;/h4-5,7-8,17H,3H2,1-2H3,(H2,12,14,15);3H,1H2,2H3;2*1H4/t5-,7+,8?;;;/m1.../s1. The number of fused-ring (bicyclic) bond motifs is 1. The summed E-state index contributed by atoms with van der Waals surface area (Å²) in [6.45, 7) is 8.87. The molecule has 23 heavy (non-hydrogen) atoms. The third kappa shape index (κ3) is 4.27. The molecule has 0 amide bonds. The maximum atomic E-state index is 9.73. The van der Waals surface area contributed by atoms with E-state index in [9.17, 15) is 5.11 Å². The third-order valence-corrected chi connectivity index (χ3v) is 3.23. The number of allylic oxidation sites excluding steroid dienone is 1. The van der Waals surface area contributed by atoms with Gasteiger partial charge >= 0.3 is 0 Å². The Kier molecular flexibility index (Phi) is 7.85. The lowest BCUT2D eigenvalue weighted by Gasteiger charge is -2.12. The van der Waals surface area contributed by atoms with Crippen molar-refractivity contribution < 1.29 is 9.84 Å². The first-order valence-corrected chi connectivity index (χ1v) is 6.85. The van der Waals surface area contributed by atoms with Crippen molar-refractivity contribution in [3.8, 4) is 0 Å². The fraction of sp³-hybridized carbons (Fsp3) is 0.562. The first-order valence-electron chi connectivity index (χ1n) is 6.85. The number of aromatic nitrogens is 4. The highest BCUT2D eigenvalue weighted by atomic mass is 16.5. The molecule has 0 saturated carbocycles. The van der Waals surface area contributed by atoms with Crippen molar-refractivity contribution in [1.29, 1.82) is 0 Å². The minimum absolute atomic E-state index is 0. The molecule has 3 N–H and O–H groups in total. The number of hydrogen-bond donors (Lipinski definition) is 2. The number of nitrogens with zero attached hydrogens (tertiary/aromatic N) is 4. The molecule has 1 saturated heterocycles. The van der Waals surface area contributed by atoms with Gasteiger partial charge < -0.3 is 15.6 Å². The number of aliphatic hydroxyl groups is 1. The zero-order chi connectivity index (χ0) is 15.6. The number of aliphatic hydroxyl groups excluding tert-OH is 1. The van der Waals surface area contributed by atoms with E-state index in [1.165, 1.54) is 0 Å². The summed E-state index contributed by atoms with van der Waals surface area (Å²) < 4.78 is 7.48. The molecular formula is C16H29N5O2. The monoisotopic (exact) mass is 323 g/mol. The van der Waals surface area contributed by atoms with Gasteiger partial charge in [-0.05, 0) is 20.8 Å². The first kappa shape index (κ1) is 21.0. The van der Waals surface area contributed by atoms with E-state index >= 15 is 0 Å². The third-order valence-electron chi connectivity index (χ3n) is 3.23. The van der Waals surface area contributed by atoms with E-state index in [1.54, 1.807) is 23.9 Å². The molecule has 0 aliphatic carbocycles. The lowest BCUT2D eigenvalue weighted by molar-refractivity contribution is -0.00633. The van der Waals surface area contributed by atoms with Crippen LogP contribution >= 0.6 is 0 Å². The second-order valence-corrected chi connectivity index (χ2v) is 4.99. The number of anilines is 1. The lowest BCUT2D eigenvalue weighted by atomic mass is 10.2. The molecule has 1 fully saturated rings. The van der Waals surface area contributed by atoms with E-state index in [2.05, 4.69) is 21.5 Å². The largest absolute Gasteiger partial charge is 0.390 e. The summed E-state index contributed by atoms with van der Waals surface area (Å²) in [7, 11) is 0. The second kappa shape index (κ2) is 8.59. The fourth-order valence-corrected chi connectivity index (χ4v) is 2.23. The van der Waals surface area contributed by atoms with Crippen molar-refractivity contribution in [2.75, 3.05) is 5.73 Å². The summed E-state index contributed by atoms with van der Waals surface area (Å²) in [6, 6.07) is 0. The van der Waals surface area contributed by atoms with E-state index in [1.807, 2.05) is 13.8 Å². The molecule has 0 spiro atoms. The van der Waals surface area contributed by atoms with Crippen LogP contribution in [0.3, 0.4) is 0 Å². The average Bonchev–Trinajstić information content (AvgIpc) is 2.95. The number of hydrogen-bond acceptors (Lipinski definition) is 6. The number of imidazole rings is 1. The van der Waals surface area contributed by atoms with Gasteiger partial charge in [-0.15, -0.1) is 6.58 Å². The van der Waals surface area contributed by atoms with Crippen LogP contribution in [0.1, 0.15) is 47.2 Å². The fourth-order valence-electron chi connectivity index (χ4n) is 2.23. The Bertz CT molecular complexity index is 631. The van der Waals surface area contributed by atoms with Crippen LogP contribution in [0.15, 0.2) is 19.0 Å². The van der Waals surface area contributed by atoms with Crippen molar-refractivity contribution in [1.82, 2.24) is 19.5 Å². The Morgan fingerprint density at radius 2 is 2.04 bits per heavy atom. The summed E-state index contributed by atoms with van der Waals surface area (Å²) in [6.07, 6.45) is 2.99. The normalized spacial score (nSPS) is 22.5. The molecular weight excluding hydrogens is 294 g/mol. The van der Waals surface area contributed by atoms with E-state index in [0.717, 1.165) is 0 Å². The molecule has 1 unspecified atom stereocenters. The number of nitrogen functional groups attached to an aromatic ring is 1. The van der Waals surface area contributed by atoms with Crippen molar-refractivity contribution in [3.05, 3.63) is 24.8 Å². The molecule has 0 radical (unpaired) electrons.